The first kappa shape index (κ1) is 14.7. The zero-order valence-electron chi connectivity index (χ0n) is 11.3. The van der Waals surface area contributed by atoms with Gasteiger partial charge in [0.25, 0.3) is 0 Å². The van der Waals surface area contributed by atoms with Crippen LogP contribution in [0.4, 0.5) is 0 Å². The Balaban J connectivity index is 0.000000280. The number of hydrogen-bond donors (Lipinski definition) is 0. The van der Waals surface area contributed by atoms with Gasteiger partial charge >= 0.3 is 0 Å². The number of benzene rings is 1. The lowest BCUT2D eigenvalue weighted by molar-refractivity contribution is -0.117. The highest BCUT2D eigenvalue weighted by Gasteiger charge is 2.19. The van der Waals surface area contributed by atoms with Gasteiger partial charge in [0, 0.05) is 19.1 Å². The molecule has 0 bridgehead atoms. The van der Waals surface area contributed by atoms with Crippen molar-refractivity contribution in [1.82, 2.24) is 0 Å². The molecule has 0 aliphatic heterocycles. The van der Waals surface area contributed by atoms with Crippen molar-refractivity contribution in [3.63, 3.8) is 0 Å². The van der Waals surface area contributed by atoms with Crippen molar-refractivity contribution < 1.29 is 9.53 Å². The molecule has 0 N–H and O–H groups in total. The molecule has 2 nitrogen and oxygen atoms in total. The standard InChI is InChI=1S/C12H12O.C4H10O/c13-12-8-4-7-11(12)9-10-5-2-1-3-6-10;1-3-5-4-2/h1-6,8,11H,7,9H2;3-4H2,1-2H3. The van der Waals surface area contributed by atoms with E-state index in [1.165, 1.54) is 5.56 Å². The Bertz CT molecular complexity index is 366. The van der Waals surface area contributed by atoms with Crippen LogP contribution in [0.3, 0.4) is 0 Å². The summed E-state index contributed by atoms with van der Waals surface area (Å²) in [5, 5.41) is 0. The summed E-state index contributed by atoms with van der Waals surface area (Å²) in [4.78, 5) is 11.3. The Hall–Kier alpha value is -1.41. The lowest BCUT2D eigenvalue weighted by atomic mass is 9.97. The molecule has 0 aromatic heterocycles. The van der Waals surface area contributed by atoms with E-state index in [2.05, 4.69) is 12.1 Å². The van der Waals surface area contributed by atoms with Crippen molar-refractivity contribution in [2.24, 2.45) is 5.92 Å². The van der Waals surface area contributed by atoms with Gasteiger partial charge in [-0.25, -0.2) is 0 Å². The molecule has 18 heavy (non-hydrogen) atoms. The fraction of sp³-hybridized carbons (Fsp3) is 0.438. The van der Waals surface area contributed by atoms with Crippen molar-refractivity contribution in [3.05, 3.63) is 48.0 Å². The SMILES string of the molecule is CCOCC.O=C1C=CCC1Cc1ccccc1. The Morgan fingerprint density at radius 2 is 1.83 bits per heavy atom. The van der Waals surface area contributed by atoms with Crippen molar-refractivity contribution in [2.45, 2.75) is 26.7 Å². The predicted molar refractivity (Wildman–Crippen MR) is 74.6 cm³/mol. The monoisotopic (exact) mass is 246 g/mol. The van der Waals surface area contributed by atoms with Crippen molar-refractivity contribution >= 4 is 5.78 Å². The molecule has 0 amide bonds. The van der Waals surface area contributed by atoms with Gasteiger partial charge < -0.3 is 4.74 Å². The first-order valence-electron chi connectivity index (χ1n) is 6.60. The van der Waals surface area contributed by atoms with Crippen LogP contribution in [-0.2, 0) is 16.0 Å². The van der Waals surface area contributed by atoms with E-state index in [-0.39, 0.29) is 11.7 Å². The second kappa shape index (κ2) is 8.65. The van der Waals surface area contributed by atoms with Crippen molar-refractivity contribution in [1.29, 1.82) is 0 Å². The number of rotatable bonds is 4. The third-order valence-corrected chi connectivity index (χ3v) is 2.84. The average Bonchev–Trinajstić information content (AvgIpc) is 2.78. The molecule has 2 rings (SSSR count). The van der Waals surface area contributed by atoms with Crippen LogP contribution in [0.1, 0.15) is 25.8 Å². The lowest BCUT2D eigenvalue weighted by Crippen LogP contribution is -2.09. The number of ether oxygens (including phenoxy) is 1. The zero-order valence-corrected chi connectivity index (χ0v) is 11.3. The molecule has 98 valence electrons. The molecule has 1 aliphatic rings. The van der Waals surface area contributed by atoms with Crippen LogP contribution in [0, 0.1) is 5.92 Å². The van der Waals surface area contributed by atoms with Gasteiger partial charge in [-0.3, -0.25) is 4.79 Å². The molecular formula is C16H22O2. The van der Waals surface area contributed by atoms with Crippen LogP contribution in [0.5, 0.6) is 0 Å². The summed E-state index contributed by atoms with van der Waals surface area (Å²) < 4.78 is 4.83. The normalized spacial score (nSPS) is 17.4. The minimum absolute atomic E-state index is 0.197. The minimum Gasteiger partial charge on any atom is -0.382 e. The second-order valence-corrected chi connectivity index (χ2v) is 4.21. The van der Waals surface area contributed by atoms with Gasteiger partial charge in [-0.2, -0.15) is 0 Å². The van der Waals surface area contributed by atoms with Crippen molar-refractivity contribution in [2.75, 3.05) is 13.2 Å². The van der Waals surface area contributed by atoms with Gasteiger partial charge in [-0.15, -0.1) is 0 Å². The smallest absolute Gasteiger partial charge is 0.159 e. The number of hydrogen-bond acceptors (Lipinski definition) is 2. The number of ketones is 1. The maximum atomic E-state index is 11.3. The highest BCUT2D eigenvalue weighted by Crippen LogP contribution is 2.19. The molecule has 1 unspecified atom stereocenters. The Kier molecular flexibility index (Phi) is 7.04. The third kappa shape index (κ3) is 5.28. The maximum Gasteiger partial charge on any atom is 0.159 e. The van der Waals surface area contributed by atoms with Gasteiger partial charge in [0.15, 0.2) is 5.78 Å². The molecule has 0 saturated heterocycles. The van der Waals surface area contributed by atoms with E-state index < -0.39 is 0 Å². The summed E-state index contributed by atoms with van der Waals surface area (Å²) in [6.45, 7) is 5.67. The lowest BCUT2D eigenvalue weighted by Gasteiger charge is -2.06. The highest BCUT2D eigenvalue weighted by atomic mass is 16.5. The average molecular weight is 246 g/mol. The second-order valence-electron chi connectivity index (χ2n) is 4.21. The molecule has 1 aliphatic carbocycles. The Morgan fingerprint density at radius 3 is 2.28 bits per heavy atom. The van der Waals surface area contributed by atoms with Gasteiger partial charge in [0.05, 0.1) is 0 Å². The van der Waals surface area contributed by atoms with E-state index in [9.17, 15) is 4.79 Å². The summed E-state index contributed by atoms with van der Waals surface area (Å²) in [5.41, 5.74) is 1.25. The van der Waals surface area contributed by atoms with Crippen LogP contribution in [0.15, 0.2) is 42.5 Å². The largest absolute Gasteiger partial charge is 0.382 e. The highest BCUT2D eigenvalue weighted by molar-refractivity contribution is 5.94. The summed E-state index contributed by atoms with van der Waals surface area (Å²) in [6, 6.07) is 10.2. The molecular weight excluding hydrogens is 224 g/mol. The summed E-state index contributed by atoms with van der Waals surface area (Å²) >= 11 is 0. The van der Waals surface area contributed by atoms with Crippen LogP contribution in [0.2, 0.25) is 0 Å². The molecule has 2 heteroatoms. The fourth-order valence-electron chi connectivity index (χ4n) is 1.89. The predicted octanol–water partition coefficient (Wildman–Crippen LogP) is 3.42. The summed E-state index contributed by atoms with van der Waals surface area (Å²) in [7, 11) is 0. The van der Waals surface area contributed by atoms with E-state index in [1.807, 2.05) is 38.1 Å². The molecule has 1 aromatic rings. The van der Waals surface area contributed by atoms with Crippen molar-refractivity contribution in [3.8, 4) is 0 Å². The molecule has 0 heterocycles. The van der Waals surface area contributed by atoms with E-state index in [0.29, 0.717) is 0 Å². The van der Waals surface area contributed by atoms with Crippen LogP contribution in [-0.4, -0.2) is 19.0 Å². The number of allylic oxidation sites excluding steroid dienone is 2. The molecule has 0 spiro atoms. The van der Waals surface area contributed by atoms with Gasteiger partial charge in [-0.05, 0) is 38.3 Å². The van der Waals surface area contributed by atoms with Crippen LogP contribution >= 0.6 is 0 Å². The van der Waals surface area contributed by atoms with E-state index in [0.717, 1.165) is 26.1 Å². The first-order valence-corrected chi connectivity index (χ1v) is 6.60. The zero-order chi connectivity index (χ0) is 13.2. The third-order valence-electron chi connectivity index (χ3n) is 2.84. The van der Waals surface area contributed by atoms with Gasteiger partial charge in [0.1, 0.15) is 0 Å². The summed E-state index contributed by atoms with van der Waals surface area (Å²) in [5.74, 6) is 0.478. The van der Waals surface area contributed by atoms with Gasteiger partial charge in [-0.1, -0.05) is 36.4 Å². The molecule has 1 atom stereocenters. The molecule has 0 fully saturated rings. The Morgan fingerprint density at radius 1 is 1.17 bits per heavy atom. The quantitative estimate of drug-likeness (QED) is 0.813. The first-order chi connectivity index (χ1) is 8.77. The van der Waals surface area contributed by atoms with E-state index in [1.54, 1.807) is 6.08 Å². The minimum atomic E-state index is 0.197. The molecule has 1 aromatic carbocycles. The Labute approximate surface area is 110 Å². The van der Waals surface area contributed by atoms with Crippen LogP contribution in [0.25, 0.3) is 0 Å². The maximum absolute atomic E-state index is 11.3. The number of carbonyl (C=O) groups is 1. The summed E-state index contributed by atoms with van der Waals surface area (Å²) in [6.07, 6.45) is 5.46. The topological polar surface area (TPSA) is 26.3 Å². The molecule has 0 saturated carbocycles. The van der Waals surface area contributed by atoms with Crippen LogP contribution < -0.4 is 0 Å². The number of carbonyl (C=O) groups excluding carboxylic acids is 1. The van der Waals surface area contributed by atoms with E-state index >= 15 is 0 Å². The van der Waals surface area contributed by atoms with Gasteiger partial charge in [0.2, 0.25) is 0 Å². The fourth-order valence-corrected chi connectivity index (χ4v) is 1.89. The molecule has 0 radical (unpaired) electrons. The van der Waals surface area contributed by atoms with E-state index in [4.69, 9.17) is 4.74 Å².